The number of aryl methyl sites for hydroxylation is 1. The number of benzene rings is 4. The van der Waals surface area contributed by atoms with E-state index >= 15 is 0 Å². The van der Waals surface area contributed by atoms with E-state index in [1.54, 1.807) is 13.3 Å². The molecule has 0 radical (unpaired) electrons. The van der Waals surface area contributed by atoms with Crippen molar-refractivity contribution in [1.82, 2.24) is 19.3 Å². The smallest absolute Gasteiger partial charge is 0.509 e. The Bertz CT molecular complexity index is 2130. The fraction of sp³-hybridized carbons (Fsp3) is 0.158. The maximum Gasteiger partial charge on any atom is 2.00 e. The van der Waals surface area contributed by atoms with Gasteiger partial charge in [0.2, 0.25) is 0 Å². The summed E-state index contributed by atoms with van der Waals surface area (Å²) >= 11 is 0. The van der Waals surface area contributed by atoms with Crippen LogP contribution < -0.4 is 9.47 Å². The number of methoxy groups -OCH3 is 1. The van der Waals surface area contributed by atoms with Crippen molar-refractivity contribution < 1.29 is 30.5 Å². The Balaban J connectivity index is 0.00000357. The minimum Gasteiger partial charge on any atom is -0.509 e. The molecule has 0 aliphatic heterocycles. The minimum absolute atomic E-state index is 0. The van der Waals surface area contributed by atoms with E-state index in [1.165, 1.54) is 16.7 Å². The SMILES string of the molecule is COc1ccnc(-n2c3[c-]c(Oc4[c-]c(-n5cc(-c6c(C)cccc6CC(C)C)cn5)ccc4)ccc3c3ccccc32)c1.[Pt+2]. The van der Waals surface area contributed by atoms with E-state index in [0.29, 0.717) is 17.4 Å². The predicted octanol–water partition coefficient (Wildman–Crippen LogP) is 8.94. The van der Waals surface area contributed by atoms with Crippen molar-refractivity contribution in [2.24, 2.45) is 5.92 Å². The Kier molecular flexibility index (Phi) is 8.60. The van der Waals surface area contributed by atoms with Crippen LogP contribution in [0.15, 0.2) is 104 Å². The minimum atomic E-state index is 0. The van der Waals surface area contributed by atoms with Crippen molar-refractivity contribution in [3.8, 4) is 39.9 Å². The van der Waals surface area contributed by atoms with Gasteiger partial charge < -0.3 is 14.0 Å². The van der Waals surface area contributed by atoms with Gasteiger partial charge in [-0.2, -0.15) is 17.2 Å². The monoisotopic (exact) mass is 771 g/mol. The Hall–Kier alpha value is -4.67. The van der Waals surface area contributed by atoms with Crippen LogP contribution in [0, 0.1) is 25.0 Å². The molecule has 45 heavy (non-hydrogen) atoms. The first kappa shape index (κ1) is 30.4. The van der Waals surface area contributed by atoms with E-state index in [-0.39, 0.29) is 21.1 Å². The van der Waals surface area contributed by atoms with Crippen LogP contribution in [-0.2, 0) is 27.5 Å². The Labute approximate surface area is 277 Å². The van der Waals surface area contributed by atoms with Crippen LogP contribution in [0.3, 0.4) is 0 Å². The predicted molar refractivity (Wildman–Crippen MR) is 175 cm³/mol. The van der Waals surface area contributed by atoms with Crippen LogP contribution in [-0.4, -0.2) is 26.4 Å². The number of pyridine rings is 1. The summed E-state index contributed by atoms with van der Waals surface area (Å²) in [7, 11) is 1.66. The molecule has 3 aromatic heterocycles. The average molecular weight is 772 g/mol. The van der Waals surface area contributed by atoms with E-state index in [2.05, 4.69) is 85.1 Å². The zero-order valence-electron chi connectivity index (χ0n) is 25.5. The van der Waals surface area contributed by atoms with Gasteiger partial charge in [-0.05, 0) is 59.2 Å². The van der Waals surface area contributed by atoms with Gasteiger partial charge >= 0.3 is 21.1 Å². The number of para-hydroxylation sites is 1. The second-order valence-electron chi connectivity index (χ2n) is 11.4. The molecule has 0 amide bonds. The number of fused-ring (bicyclic) bond motifs is 3. The third-order valence-corrected chi connectivity index (χ3v) is 7.82. The number of ether oxygens (including phenoxy) is 2. The van der Waals surface area contributed by atoms with Crippen LogP contribution in [0.1, 0.15) is 25.0 Å². The fourth-order valence-corrected chi connectivity index (χ4v) is 5.90. The molecule has 0 unspecified atom stereocenters. The number of nitrogens with zero attached hydrogens (tertiary/aromatic N) is 4. The van der Waals surface area contributed by atoms with Gasteiger partial charge in [0.05, 0.1) is 13.3 Å². The summed E-state index contributed by atoms with van der Waals surface area (Å²) in [5.74, 6) is 3.21. The van der Waals surface area contributed by atoms with Crippen LogP contribution in [0.2, 0.25) is 0 Å². The Morgan fingerprint density at radius 2 is 1.69 bits per heavy atom. The molecule has 0 N–H and O–H groups in total. The molecule has 7 aromatic rings. The van der Waals surface area contributed by atoms with E-state index in [4.69, 9.17) is 14.6 Å². The molecular weight excluding hydrogens is 740 g/mol. The van der Waals surface area contributed by atoms with Crippen LogP contribution in [0.25, 0.3) is 44.4 Å². The molecule has 0 bridgehead atoms. The van der Waals surface area contributed by atoms with Crippen molar-refractivity contribution in [3.63, 3.8) is 0 Å². The van der Waals surface area contributed by atoms with E-state index in [1.807, 2.05) is 59.4 Å². The number of hydrogen-bond acceptors (Lipinski definition) is 4. The molecule has 0 fully saturated rings. The van der Waals surface area contributed by atoms with Crippen molar-refractivity contribution in [2.75, 3.05) is 7.11 Å². The first-order valence-electron chi connectivity index (χ1n) is 14.8. The maximum absolute atomic E-state index is 6.34. The topological polar surface area (TPSA) is 54.1 Å². The third kappa shape index (κ3) is 5.91. The first-order chi connectivity index (χ1) is 21.5. The summed E-state index contributed by atoms with van der Waals surface area (Å²) in [5.41, 5.74) is 7.63. The van der Waals surface area contributed by atoms with Gasteiger partial charge in [-0.25, -0.2) is 4.98 Å². The second kappa shape index (κ2) is 12.7. The Morgan fingerprint density at radius 1 is 0.867 bits per heavy atom. The molecule has 3 heterocycles. The van der Waals surface area contributed by atoms with Crippen LogP contribution in [0.4, 0.5) is 0 Å². The second-order valence-corrected chi connectivity index (χ2v) is 11.4. The fourth-order valence-electron chi connectivity index (χ4n) is 5.90. The van der Waals surface area contributed by atoms with Gasteiger partial charge in [-0.3, -0.25) is 4.68 Å². The van der Waals surface area contributed by atoms with Crippen molar-refractivity contribution in [2.45, 2.75) is 27.2 Å². The van der Waals surface area contributed by atoms with Crippen molar-refractivity contribution in [3.05, 3.63) is 127 Å². The standard InChI is InChI=1S/C38H32N4O2.Pt/c1-25(2)19-27-10-7-9-26(3)38(27)28-23-40-41(24-28)29-11-8-12-31(20-29)44-32-15-16-34-33-13-5-6-14-35(33)42(36(34)21-32)37-22-30(43-4)17-18-39-37;/h5-18,22-25H,19H2,1-4H3;/q-2;+2. The molecule has 4 aromatic carbocycles. The Morgan fingerprint density at radius 3 is 2.53 bits per heavy atom. The summed E-state index contributed by atoms with van der Waals surface area (Å²) in [6.45, 7) is 6.66. The number of rotatable bonds is 8. The van der Waals surface area contributed by atoms with Crippen molar-refractivity contribution in [1.29, 1.82) is 0 Å². The third-order valence-electron chi connectivity index (χ3n) is 7.82. The molecule has 0 saturated heterocycles. The summed E-state index contributed by atoms with van der Waals surface area (Å²) in [6.07, 6.45) is 6.77. The molecule has 0 saturated carbocycles. The van der Waals surface area contributed by atoms with E-state index < -0.39 is 0 Å². The molecule has 0 atom stereocenters. The van der Waals surface area contributed by atoms with Gasteiger partial charge in [0.15, 0.2) is 0 Å². The summed E-state index contributed by atoms with van der Waals surface area (Å²) in [4.78, 5) is 4.64. The molecular formula is C38H32N4O2Pt. The van der Waals surface area contributed by atoms with E-state index in [0.717, 1.165) is 51.0 Å². The molecule has 7 rings (SSSR count). The summed E-state index contributed by atoms with van der Waals surface area (Å²) in [6, 6.07) is 35.3. The number of aromatic nitrogens is 4. The molecule has 0 aliphatic carbocycles. The normalized spacial score (nSPS) is 11.2. The molecule has 0 aliphatic rings. The number of hydrogen-bond donors (Lipinski definition) is 0. The van der Waals surface area contributed by atoms with Gasteiger partial charge in [0.1, 0.15) is 11.6 Å². The van der Waals surface area contributed by atoms with Gasteiger partial charge in [-0.1, -0.05) is 55.8 Å². The molecule has 0 spiro atoms. The van der Waals surface area contributed by atoms with Gasteiger partial charge in [0.25, 0.3) is 0 Å². The van der Waals surface area contributed by atoms with Crippen molar-refractivity contribution >= 4 is 21.8 Å². The van der Waals surface area contributed by atoms with Crippen LogP contribution in [0.5, 0.6) is 17.2 Å². The first-order valence-corrected chi connectivity index (χ1v) is 14.8. The zero-order valence-corrected chi connectivity index (χ0v) is 27.8. The van der Waals surface area contributed by atoms with Crippen LogP contribution >= 0.6 is 0 Å². The molecule has 6 nitrogen and oxygen atoms in total. The quantitative estimate of drug-likeness (QED) is 0.145. The molecule has 7 heteroatoms. The largest absolute Gasteiger partial charge is 2.00 e. The van der Waals surface area contributed by atoms with E-state index in [9.17, 15) is 0 Å². The average Bonchev–Trinajstić information content (AvgIpc) is 3.64. The molecule has 226 valence electrons. The zero-order chi connectivity index (χ0) is 30.2. The van der Waals surface area contributed by atoms with Gasteiger partial charge in [-0.15, -0.1) is 35.7 Å². The maximum atomic E-state index is 6.34. The van der Waals surface area contributed by atoms with Gasteiger partial charge in [0, 0.05) is 41.0 Å². The summed E-state index contributed by atoms with van der Waals surface area (Å²) < 4.78 is 15.8. The summed E-state index contributed by atoms with van der Waals surface area (Å²) in [5, 5.41) is 6.87.